The van der Waals surface area contributed by atoms with Crippen molar-refractivity contribution in [2.24, 2.45) is 0 Å². The number of methoxy groups -OCH3 is 1. The molecule has 8 nitrogen and oxygen atoms in total. The van der Waals surface area contributed by atoms with E-state index >= 15 is 0 Å². The summed E-state index contributed by atoms with van der Waals surface area (Å²) >= 11 is 0. The van der Waals surface area contributed by atoms with E-state index in [0.717, 1.165) is 0 Å². The van der Waals surface area contributed by atoms with Gasteiger partial charge in [-0.1, -0.05) is 18.2 Å². The number of H-pyrrole nitrogens is 1. The first-order valence-corrected chi connectivity index (χ1v) is 9.90. The van der Waals surface area contributed by atoms with E-state index in [9.17, 15) is 18.0 Å². The Morgan fingerprint density at radius 1 is 1.15 bits per heavy atom. The molecule has 34 heavy (non-hydrogen) atoms. The minimum atomic E-state index is -4.84. The number of ether oxygens (including phenoxy) is 1. The van der Waals surface area contributed by atoms with Gasteiger partial charge in [0.05, 0.1) is 24.3 Å². The number of hydrogen-bond acceptors (Lipinski definition) is 6. The zero-order valence-electron chi connectivity index (χ0n) is 17.7. The van der Waals surface area contributed by atoms with Gasteiger partial charge in [0.2, 0.25) is 5.89 Å². The fourth-order valence-corrected chi connectivity index (χ4v) is 3.82. The maximum Gasteiger partial charge on any atom is 0.435 e. The van der Waals surface area contributed by atoms with E-state index < -0.39 is 17.4 Å². The van der Waals surface area contributed by atoms with E-state index in [1.165, 1.54) is 38.3 Å². The minimum absolute atomic E-state index is 0.0617. The number of alkyl halides is 3. The zero-order chi connectivity index (χ0) is 24.2. The third kappa shape index (κ3) is 3.19. The summed E-state index contributed by atoms with van der Waals surface area (Å²) in [6.45, 7) is 1.53. The van der Waals surface area contributed by atoms with Crippen LogP contribution in [0.15, 0.2) is 51.7 Å². The standard InChI is InChI=1S/C23H14F3N5O3/c1-11-16(21-29-18-14(33-2)4-3-5-15(18)34-21)22(32)31-20(28-11)17(19(30-31)23(24,25)26)13-8-6-12(10-27)7-9-13/h3-9,28H,1-2H3. The second kappa shape index (κ2) is 7.48. The van der Waals surface area contributed by atoms with E-state index in [2.05, 4.69) is 15.1 Å². The smallest absolute Gasteiger partial charge is 0.435 e. The van der Waals surface area contributed by atoms with Crippen LogP contribution >= 0.6 is 0 Å². The lowest BCUT2D eigenvalue weighted by atomic mass is 10.0. The topological polar surface area (TPSA) is 109 Å². The van der Waals surface area contributed by atoms with Crippen molar-refractivity contribution in [2.75, 3.05) is 7.11 Å². The van der Waals surface area contributed by atoms with Crippen molar-refractivity contribution in [1.82, 2.24) is 19.6 Å². The van der Waals surface area contributed by atoms with Gasteiger partial charge in [0.15, 0.2) is 16.8 Å². The summed E-state index contributed by atoms with van der Waals surface area (Å²) in [4.78, 5) is 20.5. The monoisotopic (exact) mass is 465 g/mol. The number of benzene rings is 2. The highest BCUT2D eigenvalue weighted by Gasteiger charge is 2.39. The van der Waals surface area contributed by atoms with E-state index in [1.54, 1.807) is 18.2 Å². The van der Waals surface area contributed by atoms with E-state index in [-0.39, 0.29) is 39.5 Å². The molecule has 0 saturated heterocycles. The number of nitrogens with one attached hydrogen (secondary N) is 1. The summed E-state index contributed by atoms with van der Waals surface area (Å²) in [5.74, 6) is 0.341. The molecule has 1 N–H and O–H groups in total. The predicted octanol–water partition coefficient (Wildman–Crippen LogP) is 4.71. The van der Waals surface area contributed by atoms with Crippen LogP contribution in [-0.4, -0.2) is 26.7 Å². The van der Waals surface area contributed by atoms with Crippen LogP contribution in [0.3, 0.4) is 0 Å². The van der Waals surface area contributed by atoms with E-state index in [1.807, 2.05) is 6.07 Å². The van der Waals surface area contributed by atoms with Crippen LogP contribution in [0, 0.1) is 18.3 Å². The Morgan fingerprint density at radius 3 is 2.53 bits per heavy atom. The Morgan fingerprint density at radius 2 is 1.88 bits per heavy atom. The molecule has 3 aromatic heterocycles. The zero-order valence-corrected chi connectivity index (χ0v) is 17.7. The van der Waals surface area contributed by atoms with Crippen LogP contribution in [0.5, 0.6) is 5.75 Å². The molecule has 0 atom stereocenters. The van der Waals surface area contributed by atoms with Gasteiger partial charge in [-0.15, -0.1) is 0 Å². The number of hydrogen-bond donors (Lipinski definition) is 1. The Labute approximate surface area is 188 Å². The molecule has 11 heteroatoms. The first kappa shape index (κ1) is 21.3. The van der Waals surface area contributed by atoms with Crippen molar-refractivity contribution in [3.05, 3.63) is 69.8 Å². The molecule has 2 aromatic carbocycles. The van der Waals surface area contributed by atoms with Gasteiger partial charge in [0.1, 0.15) is 17.0 Å². The van der Waals surface area contributed by atoms with Gasteiger partial charge >= 0.3 is 6.18 Å². The summed E-state index contributed by atoms with van der Waals surface area (Å²) in [5, 5.41) is 12.6. The van der Waals surface area contributed by atoms with Gasteiger partial charge in [-0.05, 0) is 36.8 Å². The molecule has 0 aliphatic rings. The average molecular weight is 465 g/mol. The molecule has 0 radical (unpaired) electrons. The quantitative estimate of drug-likeness (QED) is 0.414. The van der Waals surface area contributed by atoms with Crippen molar-refractivity contribution < 1.29 is 22.3 Å². The molecule has 0 spiro atoms. The lowest BCUT2D eigenvalue weighted by molar-refractivity contribution is -0.140. The first-order valence-electron chi connectivity index (χ1n) is 9.90. The Bertz CT molecular complexity index is 1670. The van der Waals surface area contributed by atoms with Gasteiger partial charge in [-0.25, -0.2) is 4.98 Å². The molecule has 3 heterocycles. The summed E-state index contributed by atoms with van der Waals surface area (Å²) < 4.78 is 53.4. The van der Waals surface area contributed by atoms with Crippen molar-refractivity contribution in [2.45, 2.75) is 13.1 Å². The number of aryl methyl sites for hydroxylation is 1. The molecular formula is C23H14F3N5O3. The highest BCUT2D eigenvalue weighted by Crippen LogP contribution is 2.39. The fraction of sp³-hybridized carbons (Fsp3) is 0.130. The molecule has 0 fully saturated rings. The molecule has 5 rings (SSSR count). The number of nitriles is 1. The molecule has 170 valence electrons. The Hall–Kier alpha value is -4.59. The predicted molar refractivity (Wildman–Crippen MR) is 115 cm³/mol. The minimum Gasteiger partial charge on any atom is -0.494 e. The molecule has 5 aromatic rings. The molecule has 0 saturated carbocycles. The summed E-state index contributed by atoms with van der Waals surface area (Å²) in [6.07, 6.45) is -4.84. The second-order valence-corrected chi connectivity index (χ2v) is 7.43. The number of aromatic amines is 1. The summed E-state index contributed by atoms with van der Waals surface area (Å²) in [7, 11) is 1.46. The molecular weight excluding hydrogens is 451 g/mol. The van der Waals surface area contributed by atoms with Crippen molar-refractivity contribution in [1.29, 1.82) is 5.26 Å². The lowest BCUT2D eigenvalue weighted by Crippen LogP contribution is -2.19. The van der Waals surface area contributed by atoms with Gasteiger partial charge in [-0.3, -0.25) is 4.79 Å². The van der Waals surface area contributed by atoms with Gasteiger partial charge in [0.25, 0.3) is 5.56 Å². The Kier molecular flexibility index (Phi) is 4.68. The Balaban J connectivity index is 1.80. The molecule has 0 bridgehead atoms. The number of aromatic nitrogens is 4. The van der Waals surface area contributed by atoms with Gasteiger partial charge in [0, 0.05) is 5.69 Å². The van der Waals surface area contributed by atoms with Crippen LogP contribution in [0.1, 0.15) is 17.0 Å². The fourth-order valence-electron chi connectivity index (χ4n) is 3.82. The van der Waals surface area contributed by atoms with Crippen LogP contribution < -0.4 is 10.3 Å². The maximum absolute atomic E-state index is 13.9. The maximum atomic E-state index is 13.9. The second-order valence-electron chi connectivity index (χ2n) is 7.43. The van der Waals surface area contributed by atoms with Gasteiger partial charge in [-0.2, -0.15) is 28.0 Å². The van der Waals surface area contributed by atoms with Crippen LogP contribution in [-0.2, 0) is 6.18 Å². The number of rotatable bonds is 3. The molecule has 0 aliphatic heterocycles. The summed E-state index contributed by atoms with van der Waals surface area (Å²) in [5.41, 5.74) is -1.18. The third-order valence-corrected chi connectivity index (χ3v) is 5.36. The van der Waals surface area contributed by atoms with Gasteiger partial charge < -0.3 is 14.1 Å². The highest BCUT2D eigenvalue weighted by atomic mass is 19.4. The van der Waals surface area contributed by atoms with Crippen molar-refractivity contribution in [3.63, 3.8) is 0 Å². The first-order chi connectivity index (χ1) is 16.2. The third-order valence-electron chi connectivity index (χ3n) is 5.36. The van der Waals surface area contributed by atoms with E-state index in [0.29, 0.717) is 21.4 Å². The number of para-hydroxylation sites is 1. The van der Waals surface area contributed by atoms with Crippen molar-refractivity contribution >= 4 is 16.7 Å². The average Bonchev–Trinajstić information content (AvgIpc) is 3.41. The number of halogens is 3. The van der Waals surface area contributed by atoms with E-state index in [4.69, 9.17) is 14.4 Å². The number of nitrogens with zero attached hydrogens (tertiary/aromatic N) is 4. The number of oxazole rings is 1. The van der Waals surface area contributed by atoms with Crippen molar-refractivity contribution in [3.8, 4) is 34.4 Å². The molecule has 0 amide bonds. The lowest BCUT2D eigenvalue weighted by Gasteiger charge is -2.07. The highest BCUT2D eigenvalue weighted by molar-refractivity contribution is 5.84. The van der Waals surface area contributed by atoms with Crippen LogP contribution in [0.2, 0.25) is 0 Å². The van der Waals surface area contributed by atoms with Crippen LogP contribution in [0.4, 0.5) is 13.2 Å². The largest absolute Gasteiger partial charge is 0.494 e. The SMILES string of the molecule is COc1cccc2oc(-c3c(C)[nH]c4c(-c5ccc(C#N)cc5)c(C(F)(F)F)nn4c3=O)nc12. The van der Waals surface area contributed by atoms with Crippen LogP contribution in [0.25, 0.3) is 39.3 Å². The molecule has 0 aliphatic carbocycles. The number of fused-ring (bicyclic) bond motifs is 2. The molecule has 0 unspecified atom stereocenters. The summed E-state index contributed by atoms with van der Waals surface area (Å²) in [6, 6.07) is 12.4. The normalized spacial score (nSPS) is 11.8.